The van der Waals surface area contributed by atoms with Gasteiger partial charge in [-0.25, -0.2) is 0 Å². The van der Waals surface area contributed by atoms with Gasteiger partial charge in [0.2, 0.25) is 0 Å². The molecule has 1 aliphatic heterocycles. The van der Waals surface area contributed by atoms with E-state index in [4.69, 9.17) is 10.5 Å². The number of hydrogen-bond acceptors (Lipinski definition) is 4. The first-order chi connectivity index (χ1) is 10.1. The Morgan fingerprint density at radius 1 is 1.43 bits per heavy atom. The van der Waals surface area contributed by atoms with Crippen LogP contribution in [-0.2, 0) is 0 Å². The maximum absolute atomic E-state index is 12.2. The Balaban J connectivity index is 1.84. The highest BCUT2D eigenvalue weighted by atomic mass is 16.5. The summed E-state index contributed by atoms with van der Waals surface area (Å²) in [5.74, 6) is 1.14. The van der Waals surface area contributed by atoms with Crippen LogP contribution in [0.15, 0.2) is 18.2 Å². The van der Waals surface area contributed by atoms with Crippen LogP contribution in [-0.4, -0.2) is 44.1 Å². The first-order valence-electron chi connectivity index (χ1n) is 7.55. The fourth-order valence-electron chi connectivity index (χ4n) is 2.67. The van der Waals surface area contributed by atoms with E-state index in [-0.39, 0.29) is 5.91 Å². The van der Waals surface area contributed by atoms with E-state index in [0.29, 0.717) is 23.5 Å². The second-order valence-corrected chi connectivity index (χ2v) is 5.71. The summed E-state index contributed by atoms with van der Waals surface area (Å²) in [6.45, 7) is 6.08. The number of amides is 1. The number of piperidine rings is 1. The van der Waals surface area contributed by atoms with Crippen molar-refractivity contribution >= 4 is 11.6 Å². The lowest BCUT2D eigenvalue weighted by atomic mass is 9.99. The van der Waals surface area contributed by atoms with Crippen molar-refractivity contribution in [1.29, 1.82) is 0 Å². The molecular formula is C16H25N3O2. The molecule has 1 heterocycles. The van der Waals surface area contributed by atoms with Crippen molar-refractivity contribution in [2.45, 2.75) is 19.8 Å². The van der Waals surface area contributed by atoms with E-state index in [0.717, 1.165) is 25.6 Å². The highest BCUT2D eigenvalue weighted by Crippen LogP contribution is 2.25. The van der Waals surface area contributed by atoms with Crippen molar-refractivity contribution in [3.8, 4) is 5.75 Å². The Labute approximate surface area is 126 Å². The SMILES string of the molecule is COc1c(N)cccc1C(=O)NCCN1CCC(C)CC1. The number of carbonyl (C=O) groups excluding carboxylic acids is 1. The van der Waals surface area contributed by atoms with Crippen LogP contribution < -0.4 is 15.8 Å². The van der Waals surface area contributed by atoms with Gasteiger partial charge in [-0.1, -0.05) is 13.0 Å². The Morgan fingerprint density at radius 3 is 2.81 bits per heavy atom. The van der Waals surface area contributed by atoms with Crippen LogP contribution in [0.25, 0.3) is 0 Å². The molecule has 5 nitrogen and oxygen atoms in total. The summed E-state index contributed by atoms with van der Waals surface area (Å²) < 4.78 is 5.21. The Hall–Kier alpha value is -1.75. The third-order valence-electron chi connectivity index (χ3n) is 4.08. The van der Waals surface area contributed by atoms with Crippen molar-refractivity contribution in [2.24, 2.45) is 5.92 Å². The molecule has 0 saturated carbocycles. The average molecular weight is 291 g/mol. The molecule has 1 aromatic carbocycles. The van der Waals surface area contributed by atoms with Crippen LogP contribution >= 0.6 is 0 Å². The number of nitrogens with zero attached hydrogens (tertiary/aromatic N) is 1. The number of nitrogens with one attached hydrogen (secondary N) is 1. The number of methoxy groups -OCH3 is 1. The number of nitrogens with two attached hydrogens (primary N) is 1. The zero-order chi connectivity index (χ0) is 15.2. The summed E-state index contributed by atoms with van der Waals surface area (Å²) in [4.78, 5) is 14.6. The monoisotopic (exact) mass is 291 g/mol. The number of rotatable bonds is 5. The van der Waals surface area contributed by atoms with Gasteiger partial charge in [0.1, 0.15) is 0 Å². The number of ether oxygens (including phenoxy) is 1. The average Bonchev–Trinajstić information content (AvgIpc) is 2.49. The summed E-state index contributed by atoms with van der Waals surface area (Å²) in [6, 6.07) is 5.22. The second kappa shape index (κ2) is 7.31. The van der Waals surface area contributed by atoms with E-state index in [1.165, 1.54) is 20.0 Å². The predicted octanol–water partition coefficient (Wildman–Crippen LogP) is 1.74. The molecule has 2 rings (SSSR count). The highest BCUT2D eigenvalue weighted by molar-refractivity contribution is 5.98. The molecule has 3 N–H and O–H groups in total. The Kier molecular flexibility index (Phi) is 5.44. The van der Waals surface area contributed by atoms with Crippen molar-refractivity contribution in [3.63, 3.8) is 0 Å². The van der Waals surface area contributed by atoms with E-state index in [2.05, 4.69) is 17.1 Å². The Bertz CT molecular complexity index is 482. The molecule has 1 fully saturated rings. The van der Waals surface area contributed by atoms with E-state index >= 15 is 0 Å². The summed E-state index contributed by atoms with van der Waals surface area (Å²) >= 11 is 0. The van der Waals surface area contributed by atoms with E-state index in [1.807, 2.05) is 0 Å². The van der Waals surface area contributed by atoms with Crippen molar-refractivity contribution in [3.05, 3.63) is 23.8 Å². The quantitative estimate of drug-likeness (QED) is 0.811. The van der Waals surface area contributed by atoms with Gasteiger partial charge in [-0.15, -0.1) is 0 Å². The summed E-state index contributed by atoms with van der Waals surface area (Å²) in [6.07, 6.45) is 2.49. The molecule has 0 atom stereocenters. The lowest BCUT2D eigenvalue weighted by molar-refractivity contribution is 0.0941. The zero-order valence-electron chi connectivity index (χ0n) is 12.9. The molecule has 0 radical (unpaired) electrons. The lowest BCUT2D eigenvalue weighted by Gasteiger charge is -2.30. The van der Waals surface area contributed by atoms with Gasteiger partial charge < -0.3 is 20.7 Å². The molecule has 1 aliphatic rings. The number of likely N-dealkylation sites (tertiary alicyclic amines) is 1. The van der Waals surface area contributed by atoms with E-state index in [9.17, 15) is 4.79 Å². The maximum atomic E-state index is 12.2. The summed E-state index contributed by atoms with van der Waals surface area (Å²) in [7, 11) is 1.53. The standard InChI is InChI=1S/C16H25N3O2/c1-12-6-9-19(10-7-12)11-8-18-16(20)13-4-3-5-14(17)15(13)21-2/h3-5,12H,6-11,17H2,1-2H3,(H,18,20). The molecule has 0 aliphatic carbocycles. The largest absolute Gasteiger partial charge is 0.494 e. The summed E-state index contributed by atoms with van der Waals surface area (Å²) in [5, 5.41) is 2.94. The van der Waals surface area contributed by atoms with Gasteiger partial charge in [0.25, 0.3) is 5.91 Å². The van der Waals surface area contributed by atoms with Gasteiger partial charge in [0.05, 0.1) is 18.4 Å². The first kappa shape index (κ1) is 15.6. The predicted molar refractivity (Wildman–Crippen MR) is 84.6 cm³/mol. The fourth-order valence-corrected chi connectivity index (χ4v) is 2.67. The molecule has 0 bridgehead atoms. The molecule has 5 heteroatoms. The van der Waals surface area contributed by atoms with Crippen LogP contribution in [0.5, 0.6) is 5.75 Å². The van der Waals surface area contributed by atoms with Crippen LogP contribution in [0.3, 0.4) is 0 Å². The van der Waals surface area contributed by atoms with Crippen molar-refractivity contribution < 1.29 is 9.53 Å². The minimum absolute atomic E-state index is 0.135. The Morgan fingerprint density at radius 2 is 2.14 bits per heavy atom. The molecule has 1 aromatic rings. The molecule has 1 amide bonds. The maximum Gasteiger partial charge on any atom is 0.255 e. The van der Waals surface area contributed by atoms with Gasteiger partial charge in [0.15, 0.2) is 5.75 Å². The lowest BCUT2D eigenvalue weighted by Crippen LogP contribution is -2.39. The van der Waals surface area contributed by atoms with Crippen LogP contribution in [0.2, 0.25) is 0 Å². The van der Waals surface area contributed by atoms with Crippen molar-refractivity contribution in [2.75, 3.05) is 39.0 Å². The molecule has 21 heavy (non-hydrogen) atoms. The molecule has 0 unspecified atom stereocenters. The second-order valence-electron chi connectivity index (χ2n) is 5.71. The van der Waals surface area contributed by atoms with Gasteiger partial charge in [-0.2, -0.15) is 0 Å². The van der Waals surface area contributed by atoms with E-state index < -0.39 is 0 Å². The van der Waals surface area contributed by atoms with Crippen LogP contribution in [0.1, 0.15) is 30.1 Å². The third-order valence-corrected chi connectivity index (χ3v) is 4.08. The number of hydrogen-bond donors (Lipinski definition) is 2. The third kappa shape index (κ3) is 4.11. The molecule has 0 spiro atoms. The number of carbonyl (C=O) groups is 1. The number of benzene rings is 1. The van der Waals surface area contributed by atoms with Gasteiger partial charge in [-0.05, 0) is 44.0 Å². The number of anilines is 1. The molecule has 0 aromatic heterocycles. The molecule has 1 saturated heterocycles. The first-order valence-corrected chi connectivity index (χ1v) is 7.55. The minimum atomic E-state index is -0.135. The molecule has 116 valence electrons. The van der Waals surface area contributed by atoms with Gasteiger partial charge >= 0.3 is 0 Å². The highest BCUT2D eigenvalue weighted by Gasteiger charge is 2.17. The number of nitrogen functional groups attached to an aromatic ring is 1. The summed E-state index contributed by atoms with van der Waals surface area (Å²) in [5.41, 5.74) is 6.79. The minimum Gasteiger partial charge on any atom is -0.494 e. The van der Waals surface area contributed by atoms with Crippen LogP contribution in [0, 0.1) is 5.92 Å². The van der Waals surface area contributed by atoms with E-state index in [1.54, 1.807) is 18.2 Å². The van der Waals surface area contributed by atoms with Crippen molar-refractivity contribution in [1.82, 2.24) is 10.2 Å². The van der Waals surface area contributed by atoms with Crippen LogP contribution in [0.4, 0.5) is 5.69 Å². The number of para-hydroxylation sites is 1. The zero-order valence-corrected chi connectivity index (χ0v) is 12.9. The smallest absolute Gasteiger partial charge is 0.255 e. The molecular weight excluding hydrogens is 266 g/mol. The topological polar surface area (TPSA) is 67.6 Å². The fraction of sp³-hybridized carbons (Fsp3) is 0.562. The van der Waals surface area contributed by atoms with Gasteiger partial charge in [0, 0.05) is 13.1 Å². The normalized spacial score (nSPS) is 16.7. The van der Waals surface area contributed by atoms with Gasteiger partial charge in [-0.3, -0.25) is 4.79 Å².